The molecule has 11 rings (SSSR count). The number of allylic oxidation sites excluding steroid dienone is 1. The maximum absolute atomic E-state index is 5.12. The second-order valence-electron chi connectivity index (χ2n) is 12.9. The van der Waals surface area contributed by atoms with Crippen molar-refractivity contribution in [2.24, 2.45) is 0 Å². The van der Waals surface area contributed by atoms with Gasteiger partial charge in [0.15, 0.2) is 0 Å². The van der Waals surface area contributed by atoms with E-state index in [1.807, 2.05) is 0 Å². The Bertz CT molecular complexity index is 2730. The van der Waals surface area contributed by atoms with Gasteiger partial charge < -0.3 is 0 Å². The molecule has 0 fully saturated rings. The van der Waals surface area contributed by atoms with E-state index in [2.05, 4.69) is 179 Å². The lowest BCUT2D eigenvalue weighted by Gasteiger charge is -2.22. The fraction of sp³-hybridized carbons (Fsp3) is 0. The molecule has 0 N–H and O–H groups in total. The van der Waals surface area contributed by atoms with E-state index in [1.54, 1.807) is 0 Å². The second kappa shape index (κ2) is 10.0. The molecule has 1 radical (unpaired) electrons. The van der Waals surface area contributed by atoms with E-state index in [1.165, 1.54) is 67.1 Å². The predicted molar refractivity (Wildman–Crippen MR) is 201 cm³/mol. The topological polar surface area (TPSA) is 22.2 Å². The van der Waals surface area contributed by atoms with Crippen LogP contribution in [0.3, 0.4) is 0 Å². The van der Waals surface area contributed by atoms with E-state index in [0.717, 1.165) is 33.5 Å². The van der Waals surface area contributed by atoms with Crippen molar-refractivity contribution in [2.45, 2.75) is 0 Å². The first-order valence-electron chi connectivity index (χ1n) is 16.8. The highest BCUT2D eigenvalue weighted by Gasteiger charge is 2.37. The lowest BCUT2D eigenvalue weighted by Crippen LogP contribution is -2.06. The minimum absolute atomic E-state index is 0.917. The summed E-state index contributed by atoms with van der Waals surface area (Å²) in [6, 6.07) is 61.6. The quantitative estimate of drug-likeness (QED) is 0.192. The summed E-state index contributed by atoms with van der Waals surface area (Å²) in [5, 5.41) is 0. The van der Waals surface area contributed by atoms with E-state index in [0.29, 0.717) is 0 Å². The number of aromatic nitrogens is 3. The van der Waals surface area contributed by atoms with Gasteiger partial charge in [0.25, 0.3) is 0 Å². The van der Waals surface area contributed by atoms with Crippen molar-refractivity contribution in [1.82, 2.24) is 14.0 Å². The standard InChI is InChI=1S/C46H28N3/c1-5-17-35-31(13-1)32-14-2-6-18-36(32)44(35)43(45-37-19-7-3-15-33(37)34-16-4-8-20-38(34)45)29-25-27-30(28-26-29)48-41-23-11-12-24-42(41)49-40-22-10-9-21-39(40)47-46(48)49/h1-28H. The molecule has 0 spiro atoms. The van der Waals surface area contributed by atoms with Crippen LogP contribution in [0, 0.1) is 5.92 Å². The van der Waals surface area contributed by atoms with Gasteiger partial charge >= 0.3 is 0 Å². The average molecular weight is 623 g/mol. The van der Waals surface area contributed by atoms with E-state index < -0.39 is 0 Å². The number of imidazole rings is 2. The molecule has 0 saturated carbocycles. The van der Waals surface area contributed by atoms with Crippen LogP contribution >= 0.6 is 0 Å². The number of benzene rings is 7. The molecule has 0 amide bonds. The van der Waals surface area contributed by atoms with Crippen molar-refractivity contribution in [3.05, 3.63) is 204 Å². The Morgan fingerprint density at radius 3 is 1.43 bits per heavy atom. The number of rotatable bonds is 3. The minimum Gasteiger partial charge on any atom is -0.278 e. The second-order valence-corrected chi connectivity index (χ2v) is 12.9. The van der Waals surface area contributed by atoms with Gasteiger partial charge in [0.2, 0.25) is 5.78 Å². The molecule has 3 heteroatoms. The first kappa shape index (κ1) is 26.6. The van der Waals surface area contributed by atoms with Crippen molar-refractivity contribution < 1.29 is 0 Å². The Balaban J connectivity index is 1.19. The molecule has 0 saturated heterocycles. The van der Waals surface area contributed by atoms with Crippen LogP contribution in [0.2, 0.25) is 0 Å². The Morgan fingerprint density at radius 1 is 0.388 bits per heavy atom. The van der Waals surface area contributed by atoms with Crippen LogP contribution in [0.15, 0.2) is 170 Å². The molecule has 3 nitrogen and oxygen atoms in total. The first-order chi connectivity index (χ1) is 24.3. The average Bonchev–Trinajstić information content (AvgIpc) is 3.89. The van der Waals surface area contributed by atoms with Crippen molar-refractivity contribution in [2.75, 3.05) is 0 Å². The molecule has 2 aliphatic carbocycles. The third-order valence-corrected chi connectivity index (χ3v) is 10.4. The smallest absolute Gasteiger partial charge is 0.220 e. The van der Waals surface area contributed by atoms with E-state index >= 15 is 0 Å². The van der Waals surface area contributed by atoms with E-state index in [9.17, 15) is 0 Å². The van der Waals surface area contributed by atoms with Gasteiger partial charge in [-0.1, -0.05) is 133 Å². The highest BCUT2D eigenvalue weighted by Crippen LogP contribution is 2.56. The molecule has 2 aromatic heterocycles. The fourth-order valence-corrected chi connectivity index (χ4v) is 8.37. The zero-order valence-electron chi connectivity index (χ0n) is 26.5. The maximum atomic E-state index is 5.12. The largest absolute Gasteiger partial charge is 0.278 e. The van der Waals surface area contributed by atoms with Gasteiger partial charge in [-0.05, 0) is 97.6 Å². The molecule has 0 unspecified atom stereocenters. The molecular weight excluding hydrogens is 595 g/mol. The summed E-state index contributed by atoms with van der Waals surface area (Å²) >= 11 is 0. The number of para-hydroxylation sites is 4. The number of hydrogen-bond acceptors (Lipinski definition) is 1. The predicted octanol–water partition coefficient (Wildman–Crippen LogP) is 11.0. The van der Waals surface area contributed by atoms with Crippen LogP contribution in [-0.2, 0) is 0 Å². The maximum Gasteiger partial charge on any atom is 0.220 e. The Labute approximate surface area is 283 Å². The van der Waals surface area contributed by atoms with Crippen molar-refractivity contribution in [1.29, 1.82) is 0 Å². The minimum atomic E-state index is 0.917. The molecule has 0 aliphatic heterocycles. The molecule has 7 aromatic carbocycles. The molecule has 0 atom stereocenters. The van der Waals surface area contributed by atoms with Gasteiger partial charge in [0.1, 0.15) is 0 Å². The number of fused-ring (bicyclic) bond motifs is 11. The molecule has 0 bridgehead atoms. The lowest BCUT2D eigenvalue weighted by molar-refractivity contribution is 1.11. The molecule has 227 valence electrons. The van der Waals surface area contributed by atoms with Crippen LogP contribution < -0.4 is 0 Å². The summed E-state index contributed by atoms with van der Waals surface area (Å²) in [5.74, 6) is 2.20. The lowest BCUT2D eigenvalue weighted by atomic mass is 9.80. The van der Waals surface area contributed by atoms with Crippen LogP contribution in [0.25, 0.3) is 66.9 Å². The van der Waals surface area contributed by atoms with E-state index in [-0.39, 0.29) is 0 Å². The Morgan fingerprint density at radius 2 is 0.837 bits per heavy atom. The SMILES string of the molecule is c1ccc2c(c1)[C](C(=C1c3ccccc3-c3ccccc31)c1ccc(-n3c4ccccc4n4c5ccccc5nc34)cc1)c1ccccc1-2. The van der Waals surface area contributed by atoms with Crippen LogP contribution in [-0.4, -0.2) is 14.0 Å². The highest BCUT2D eigenvalue weighted by molar-refractivity contribution is 6.16. The Kier molecular flexibility index (Phi) is 5.44. The van der Waals surface area contributed by atoms with Crippen molar-refractivity contribution in [3.63, 3.8) is 0 Å². The fourth-order valence-electron chi connectivity index (χ4n) is 8.37. The van der Waals surface area contributed by atoms with Gasteiger partial charge in [-0.15, -0.1) is 0 Å². The third-order valence-electron chi connectivity index (χ3n) is 10.4. The van der Waals surface area contributed by atoms with E-state index in [4.69, 9.17) is 4.98 Å². The van der Waals surface area contributed by atoms with Gasteiger partial charge in [-0.25, -0.2) is 4.98 Å². The summed E-state index contributed by atoms with van der Waals surface area (Å²) in [4.78, 5) is 5.12. The molecular formula is C46H28N3. The monoisotopic (exact) mass is 622 g/mol. The molecule has 2 aliphatic rings. The van der Waals surface area contributed by atoms with Gasteiger partial charge in [0.05, 0.1) is 28.0 Å². The summed E-state index contributed by atoms with van der Waals surface area (Å²) in [6.45, 7) is 0. The van der Waals surface area contributed by atoms with Crippen molar-refractivity contribution >= 4 is 39.0 Å². The summed E-state index contributed by atoms with van der Waals surface area (Å²) < 4.78 is 4.57. The Hall–Kier alpha value is -6.45. The summed E-state index contributed by atoms with van der Waals surface area (Å²) in [5.41, 5.74) is 19.5. The zero-order valence-corrected chi connectivity index (χ0v) is 26.5. The zero-order chi connectivity index (χ0) is 32.1. The van der Waals surface area contributed by atoms with Gasteiger partial charge in [-0.3, -0.25) is 8.97 Å². The normalized spacial score (nSPS) is 13.2. The van der Waals surface area contributed by atoms with Gasteiger partial charge in [0, 0.05) is 5.69 Å². The third kappa shape index (κ3) is 3.64. The van der Waals surface area contributed by atoms with Gasteiger partial charge in [-0.2, -0.15) is 0 Å². The number of hydrogen-bond donors (Lipinski definition) is 0. The molecule has 2 heterocycles. The van der Waals surface area contributed by atoms with Crippen LogP contribution in [0.4, 0.5) is 0 Å². The van der Waals surface area contributed by atoms with Crippen molar-refractivity contribution in [3.8, 4) is 27.9 Å². The summed E-state index contributed by atoms with van der Waals surface area (Å²) in [6.07, 6.45) is 0. The molecule has 9 aromatic rings. The first-order valence-corrected chi connectivity index (χ1v) is 16.8. The number of nitrogens with zero attached hydrogens (tertiary/aromatic N) is 3. The van der Waals surface area contributed by atoms with Crippen LogP contribution in [0.5, 0.6) is 0 Å². The highest BCUT2D eigenvalue weighted by atomic mass is 15.2. The summed E-state index contributed by atoms with van der Waals surface area (Å²) in [7, 11) is 0. The van der Waals surface area contributed by atoms with Crippen LogP contribution in [0.1, 0.15) is 27.8 Å². The molecule has 49 heavy (non-hydrogen) atoms.